The third-order valence-corrected chi connectivity index (χ3v) is 1.73. The molecule has 0 bridgehead atoms. The van der Waals surface area contributed by atoms with Gasteiger partial charge in [-0.2, -0.15) is 4.39 Å². The molecule has 0 radical (unpaired) electrons. The van der Waals surface area contributed by atoms with Crippen molar-refractivity contribution in [2.45, 2.75) is 19.4 Å². The highest BCUT2D eigenvalue weighted by Crippen LogP contribution is 2.03. The van der Waals surface area contributed by atoms with Crippen molar-refractivity contribution >= 4 is 5.91 Å². The van der Waals surface area contributed by atoms with Gasteiger partial charge in [-0.15, -0.1) is 6.42 Å². The zero-order valence-electron chi connectivity index (χ0n) is 8.54. The molecular weight excluding hydrogens is 195 g/mol. The summed E-state index contributed by atoms with van der Waals surface area (Å²) in [6, 6.07) is 4.01. The molecule has 1 rings (SSSR count). The van der Waals surface area contributed by atoms with Gasteiger partial charge in [-0.25, -0.2) is 4.98 Å². The lowest BCUT2D eigenvalue weighted by atomic mass is 10.1. The van der Waals surface area contributed by atoms with Crippen molar-refractivity contribution in [3.05, 3.63) is 29.8 Å². The summed E-state index contributed by atoms with van der Waals surface area (Å²) in [6.07, 6.45) is 5.20. The number of nitrogens with zero attached hydrogens (tertiary/aromatic N) is 1. The molecular formula is C11H11FN2O. The Hall–Kier alpha value is -1.89. The molecule has 78 valence electrons. The van der Waals surface area contributed by atoms with Crippen molar-refractivity contribution in [3.8, 4) is 12.3 Å². The van der Waals surface area contributed by atoms with Gasteiger partial charge in [-0.1, -0.05) is 12.0 Å². The Kier molecular flexibility index (Phi) is 3.05. The normalized spacial score (nSPS) is 10.5. The number of rotatable bonds is 2. The first-order valence-electron chi connectivity index (χ1n) is 4.37. The molecule has 0 saturated carbocycles. The van der Waals surface area contributed by atoms with Crippen molar-refractivity contribution in [1.82, 2.24) is 10.3 Å². The zero-order chi connectivity index (χ0) is 11.5. The molecule has 0 spiro atoms. The molecule has 0 fully saturated rings. The molecule has 0 unspecified atom stereocenters. The molecule has 1 heterocycles. The summed E-state index contributed by atoms with van der Waals surface area (Å²) in [5.41, 5.74) is -0.760. The largest absolute Gasteiger partial charge is 0.335 e. The van der Waals surface area contributed by atoms with Crippen molar-refractivity contribution < 1.29 is 9.18 Å². The number of hydrogen-bond donors (Lipinski definition) is 1. The first kappa shape index (κ1) is 11.2. The average molecular weight is 206 g/mol. The number of aromatic nitrogens is 1. The predicted octanol–water partition coefficient (Wildman–Crippen LogP) is 1.36. The van der Waals surface area contributed by atoms with E-state index >= 15 is 0 Å². The van der Waals surface area contributed by atoms with Gasteiger partial charge in [0.1, 0.15) is 5.69 Å². The molecule has 0 aliphatic rings. The van der Waals surface area contributed by atoms with Gasteiger partial charge < -0.3 is 5.32 Å². The Morgan fingerprint density at radius 3 is 2.80 bits per heavy atom. The van der Waals surface area contributed by atoms with Gasteiger partial charge in [-0.3, -0.25) is 4.79 Å². The lowest BCUT2D eigenvalue weighted by molar-refractivity contribution is 0.0923. The maximum atomic E-state index is 12.7. The molecule has 1 aromatic heterocycles. The molecule has 0 aliphatic carbocycles. The fraction of sp³-hybridized carbons (Fsp3) is 0.273. The van der Waals surface area contributed by atoms with Crippen LogP contribution in [0, 0.1) is 18.3 Å². The second kappa shape index (κ2) is 4.09. The second-order valence-corrected chi connectivity index (χ2v) is 3.57. The van der Waals surface area contributed by atoms with Crippen molar-refractivity contribution in [2.24, 2.45) is 0 Å². The Balaban J connectivity index is 2.84. The van der Waals surface area contributed by atoms with Crippen LogP contribution in [0.3, 0.4) is 0 Å². The highest BCUT2D eigenvalue weighted by Gasteiger charge is 2.18. The summed E-state index contributed by atoms with van der Waals surface area (Å²) in [6.45, 7) is 3.34. The summed E-state index contributed by atoms with van der Waals surface area (Å²) in [5, 5.41) is 2.55. The van der Waals surface area contributed by atoms with E-state index in [1.54, 1.807) is 13.8 Å². The fourth-order valence-electron chi connectivity index (χ4n) is 0.919. The van der Waals surface area contributed by atoms with Gasteiger partial charge in [0.25, 0.3) is 5.91 Å². The minimum absolute atomic E-state index is 0.0123. The van der Waals surface area contributed by atoms with E-state index in [1.165, 1.54) is 18.2 Å². The van der Waals surface area contributed by atoms with E-state index in [0.29, 0.717) is 0 Å². The molecule has 4 heteroatoms. The van der Waals surface area contributed by atoms with E-state index in [9.17, 15) is 9.18 Å². The zero-order valence-corrected chi connectivity index (χ0v) is 8.54. The molecule has 0 saturated heterocycles. The summed E-state index contributed by atoms with van der Waals surface area (Å²) in [4.78, 5) is 15.0. The number of halogens is 1. The minimum atomic E-state index is -0.773. The molecule has 0 atom stereocenters. The van der Waals surface area contributed by atoms with Crippen molar-refractivity contribution in [2.75, 3.05) is 0 Å². The third-order valence-electron chi connectivity index (χ3n) is 1.73. The van der Waals surface area contributed by atoms with Gasteiger partial charge in [0.05, 0.1) is 5.54 Å². The predicted molar refractivity (Wildman–Crippen MR) is 54.6 cm³/mol. The van der Waals surface area contributed by atoms with Crippen LogP contribution in [-0.2, 0) is 0 Å². The van der Waals surface area contributed by atoms with E-state index < -0.39 is 17.4 Å². The van der Waals surface area contributed by atoms with Crippen LogP contribution in [-0.4, -0.2) is 16.4 Å². The Morgan fingerprint density at radius 2 is 2.27 bits per heavy atom. The maximum Gasteiger partial charge on any atom is 0.271 e. The Bertz CT molecular complexity index is 421. The number of nitrogens with one attached hydrogen (secondary N) is 1. The number of pyridine rings is 1. The SMILES string of the molecule is C#CC(C)(C)NC(=O)c1cccc(F)n1. The summed E-state index contributed by atoms with van der Waals surface area (Å²) < 4.78 is 12.7. The third kappa shape index (κ3) is 3.06. The van der Waals surface area contributed by atoms with Crippen LogP contribution >= 0.6 is 0 Å². The minimum Gasteiger partial charge on any atom is -0.335 e. The van der Waals surface area contributed by atoms with E-state index in [4.69, 9.17) is 6.42 Å². The Morgan fingerprint density at radius 1 is 1.60 bits per heavy atom. The maximum absolute atomic E-state index is 12.7. The lowest BCUT2D eigenvalue weighted by Gasteiger charge is -2.18. The van der Waals surface area contributed by atoms with Gasteiger partial charge >= 0.3 is 0 Å². The van der Waals surface area contributed by atoms with Crippen LogP contribution in [0.2, 0.25) is 0 Å². The molecule has 0 aliphatic heterocycles. The number of amides is 1. The molecule has 3 nitrogen and oxygen atoms in total. The van der Waals surface area contributed by atoms with Crippen LogP contribution in [0.15, 0.2) is 18.2 Å². The quantitative estimate of drug-likeness (QED) is 0.586. The summed E-state index contributed by atoms with van der Waals surface area (Å²) in [5.74, 6) is 1.22. The molecule has 15 heavy (non-hydrogen) atoms. The highest BCUT2D eigenvalue weighted by atomic mass is 19.1. The van der Waals surface area contributed by atoms with E-state index in [1.807, 2.05) is 0 Å². The number of terminal acetylenes is 1. The standard InChI is InChI=1S/C11H11FN2O/c1-4-11(2,3)14-10(15)8-6-5-7-9(12)13-8/h1,5-7H,2-3H3,(H,14,15). The molecule has 1 N–H and O–H groups in total. The van der Waals surface area contributed by atoms with Gasteiger partial charge in [0, 0.05) is 0 Å². The lowest BCUT2D eigenvalue weighted by Crippen LogP contribution is -2.42. The topological polar surface area (TPSA) is 42.0 Å². The number of carbonyl (C=O) groups excluding carboxylic acids is 1. The molecule has 0 aromatic carbocycles. The van der Waals surface area contributed by atoms with Crippen molar-refractivity contribution in [3.63, 3.8) is 0 Å². The number of carbonyl (C=O) groups is 1. The van der Waals surface area contributed by atoms with E-state index in [2.05, 4.69) is 16.2 Å². The van der Waals surface area contributed by atoms with Crippen molar-refractivity contribution in [1.29, 1.82) is 0 Å². The first-order valence-corrected chi connectivity index (χ1v) is 4.37. The van der Waals surface area contributed by atoms with Gasteiger partial charge in [0.2, 0.25) is 5.95 Å². The fourth-order valence-corrected chi connectivity index (χ4v) is 0.919. The molecule has 1 aromatic rings. The van der Waals surface area contributed by atoms with Crippen LogP contribution in [0.25, 0.3) is 0 Å². The van der Waals surface area contributed by atoms with Crippen LogP contribution in [0.5, 0.6) is 0 Å². The van der Waals surface area contributed by atoms with Gasteiger partial charge in [-0.05, 0) is 26.0 Å². The van der Waals surface area contributed by atoms with Crippen LogP contribution < -0.4 is 5.32 Å². The Labute approximate surface area is 87.7 Å². The smallest absolute Gasteiger partial charge is 0.271 e. The van der Waals surface area contributed by atoms with Gasteiger partial charge in [0.15, 0.2) is 0 Å². The van der Waals surface area contributed by atoms with Crippen LogP contribution in [0.4, 0.5) is 4.39 Å². The summed E-state index contributed by atoms with van der Waals surface area (Å²) >= 11 is 0. The van der Waals surface area contributed by atoms with E-state index in [-0.39, 0.29) is 5.69 Å². The van der Waals surface area contributed by atoms with E-state index in [0.717, 1.165) is 0 Å². The second-order valence-electron chi connectivity index (χ2n) is 3.57. The average Bonchev–Trinajstić information content (AvgIpc) is 2.17. The highest BCUT2D eigenvalue weighted by molar-refractivity contribution is 5.92. The summed E-state index contributed by atoms with van der Waals surface area (Å²) in [7, 11) is 0. The monoisotopic (exact) mass is 206 g/mol. The van der Waals surface area contributed by atoms with Crippen LogP contribution in [0.1, 0.15) is 24.3 Å². The first-order chi connectivity index (χ1) is 6.94. The molecule has 1 amide bonds. The number of hydrogen-bond acceptors (Lipinski definition) is 2.